The summed E-state index contributed by atoms with van der Waals surface area (Å²) < 4.78 is 5.49. The number of hydrogen-bond acceptors (Lipinski definition) is 4. The molecule has 1 N–H and O–H groups in total. The second kappa shape index (κ2) is 6.69. The van der Waals surface area contributed by atoms with E-state index in [1.807, 2.05) is 0 Å². The van der Waals surface area contributed by atoms with Crippen molar-refractivity contribution >= 4 is 5.91 Å². The number of ether oxygens (including phenoxy) is 1. The molecule has 4 fully saturated rings. The van der Waals surface area contributed by atoms with Gasteiger partial charge in [-0.3, -0.25) is 9.69 Å². The van der Waals surface area contributed by atoms with Crippen molar-refractivity contribution in [1.82, 2.24) is 15.1 Å². The standard InChI is InChI=1S/C18H31N3O2/c22-17(19-13-15-5-8-20(14-15)16-3-4-16)18(6-1-2-7-18)21-9-11-23-12-10-21/h15-16H,1-14H2,(H,19,22). The van der Waals surface area contributed by atoms with Crippen molar-refractivity contribution in [3.8, 4) is 0 Å². The molecular weight excluding hydrogens is 290 g/mol. The van der Waals surface area contributed by atoms with E-state index in [0.717, 1.165) is 51.7 Å². The predicted octanol–water partition coefficient (Wildman–Crippen LogP) is 1.23. The largest absolute Gasteiger partial charge is 0.379 e. The first kappa shape index (κ1) is 15.9. The predicted molar refractivity (Wildman–Crippen MR) is 89.3 cm³/mol. The highest BCUT2D eigenvalue weighted by atomic mass is 16.5. The van der Waals surface area contributed by atoms with Gasteiger partial charge in [0.05, 0.1) is 13.2 Å². The topological polar surface area (TPSA) is 44.8 Å². The summed E-state index contributed by atoms with van der Waals surface area (Å²) in [6.07, 6.45) is 8.45. The van der Waals surface area contributed by atoms with Crippen molar-refractivity contribution < 1.29 is 9.53 Å². The molecule has 0 aromatic heterocycles. The number of morpholine rings is 1. The lowest BCUT2D eigenvalue weighted by Gasteiger charge is -2.42. The molecule has 0 aromatic carbocycles. The Morgan fingerprint density at radius 2 is 1.83 bits per heavy atom. The highest BCUT2D eigenvalue weighted by Crippen LogP contribution is 2.36. The average Bonchev–Trinajstić information content (AvgIpc) is 3.14. The van der Waals surface area contributed by atoms with Gasteiger partial charge in [0.2, 0.25) is 5.91 Å². The van der Waals surface area contributed by atoms with Crippen LogP contribution >= 0.6 is 0 Å². The number of likely N-dealkylation sites (tertiary alicyclic amines) is 1. The zero-order chi connectivity index (χ0) is 15.7. The van der Waals surface area contributed by atoms with E-state index in [9.17, 15) is 4.79 Å². The highest BCUT2D eigenvalue weighted by molar-refractivity contribution is 5.86. The molecule has 1 atom stereocenters. The summed E-state index contributed by atoms with van der Waals surface area (Å²) in [7, 11) is 0. The van der Waals surface area contributed by atoms with Crippen LogP contribution in [-0.2, 0) is 9.53 Å². The van der Waals surface area contributed by atoms with Crippen molar-refractivity contribution in [2.45, 2.75) is 56.5 Å². The van der Waals surface area contributed by atoms with Crippen molar-refractivity contribution in [1.29, 1.82) is 0 Å². The fraction of sp³-hybridized carbons (Fsp3) is 0.944. The fourth-order valence-corrected chi connectivity index (χ4v) is 4.84. The van der Waals surface area contributed by atoms with E-state index in [-0.39, 0.29) is 5.54 Å². The Labute approximate surface area is 139 Å². The monoisotopic (exact) mass is 321 g/mol. The maximum atomic E-state index is 13.0. The summed E-state index contributed by atoms with van der Waals surface area (Å²) in [5.74, 6) is 0.949. The average molecular weight is 321 g/mol. The molecule has 2 aliphatic carbocycles. The van der Waals surface area contributed by atoms with Gasteiger partial charge in [0, 0.05) is 32.2 Å². The molecule has 2 saturated carbocycles. The molecular formula is C18H31N3O2. The Morgan fingerprint density at radius 1 is 1.09 bits per heavy atom. The third-order valence-electron chi connectivity index (χ3n) is 6.40. The quantitative estimate of drug-likeness (QED) is 0.827. The molecule has 4 rings (SSSR count). The second-order valence-electron chi connectivity index (χ2n) is 7.93. The van der Waals surface area contributed by atoms with Crippen molar-refractivity contribution in [2.24, 2.45) is 5.92 Å². The molecule has 2 heterocycles. The minimum atomic E-state index is -0.238. The van der Waals surface area contributed by atoms with E-state index in [0.29, 0.717) is 11.8 Å². The number of amides is 1. The van der Waals surface area contributed by atoms with Gasteiger partial charge in [0.15, 0.2) is 0 Å². The molecule has 2 saturated heterocycles. The number of carbonyl (C=O) groups is 1. The van der Waals surface area contributed by atoms with Gasteiger partial charge in [-0.05, 0) is 44.6 Å². The van der Waals surface area contributed by atoms with Crippen LogP contribution in [0.15, 0.2) is 0 Å². The first-order valence-electron chi connectivity index (χ1n) is 9.63. The third-order valence-corrected chi connectivity index (χ3v) is 6.40. The number of nitrogens with one attached hydrogen (secondary N) is 1. The number of carbonyl (C=O) groups excluding carboxylic acids is 1. The van der Waals surface area contributed by atoms with Crippen LogP contribution in [-0.4, -0.2) is 73.2 Å². The molecule has 0 radical (unpaired) electrons. The van der Waals surface area contributed by atoms with E-state index in [1.54, 1.807) is 0 Å². The minimum Gasteiger partial charge on any atom is -0.379 e. The number of hydrogen-bond donors (Lipinski definition) is 1. The van der Waals surface area contributed by atoms with Crippen LogP contribution in [0.3, 0.4) is 0 Å². The normalized spacial score (nSPS) is 32.3. The maximum Gasteiger partial charge on any atom is 0.240 e. The van der Waals surface area contributed by atoms with Crippen molar-refractivity contribution in [3.63, 3.8) is 0 Å². The van der Waals surface area contributed by atoms with E-state index in [2.05, 4.69) is 15.1 Å². The smallest absolute Gasteiger partial charge is 0.240 e. The second-order valence-corrected chi connectivity index (χ2v) is 7.93. The summed E-state index contributed by atoms with van der Waals surface area (Å²) in [5.41, 5.74) is -0.238. The van der Waals surface area contributed by atoms with Crippen LogP contribution in [0.4, 0.5) is 0 Å². The van der Waals surface area contributed by atoms with E-state index >= 15 is 0 Å². The lowest BCUT2D eigenvalue weighted by atomic mass is 9.92. The molecule has 1 amide bonds. The SMILES string of the molecule is O=C(NCC1CCN(C2CC2)C1)C1(N2CCOCC2)CCCC1. The molecule has 0 aromatic rings. The van der Waals surface area contributed by atoms with Gasteiger partial charge in [-0.15, -0.1) is 0 Å². The van der Waals surface area contributed by atoms with E-state index in [4.69, 9.17) is 4.74 Å². The summed E-state index contributed by atoms with van der Waals surface area (Å²) in [5, 5.41) is 3.34. The van der Waals surface area contributed by atoms with Gasteiger partial charge >= 0.3 is 0 Å². The van der Waals surface area contributed by atoms with Gasteiger partial charge < -0.3 is 15.0 Å². The van der Waals surface area contributed by atoms with Gasteiger partial charge in [-0.1, -0.05) is 12.8 Å². The van der Waals surface area contributed by atoms with Gasteiger partial charge in [-0.25, -0.2) is 0 Å². The minimum absolute atomic E-state index is 0.238. The van der Waals surface area contributed by atoms with Gasteiger partial charge in [-0.2, -0.15) is 0 Å². The number of nitrogens with zero attached hydrogens (tertiary/aromatic N) is 2. The summed E-state index contributed by atoms with van der Waals surface area (Å²) in [4.78, 5) is 18.1. The van der Waals surface area contributed by atoms with Crippen LogP contribution < -0.4 is 5.32 Å². The molecule has 5 heteroatoms. The molecule has 0 spiro atoms. The Morgan fingerprint density at radius 3 is 2.52 bits per heavy atom. The first-order chi connectivity index (χ1) is 11.3. The zero-order valence-corrected chi connectivity index (χ0v) is 14.3. The maximum absolute atomic E-state index is 13.0. The number of rotatable bonds is 5. The summed E-state index contributed by atoms with van der Waals surface area (Å²) >= 11 is 0. The molecule has 23 heavy (non-hydrogen) atoms. The summed E-state index contributed by atoms with van der Waals surface area (Å²) in [6.45, 7) is 6.66. The van der Waals surface area contributed by atoms with Crippen molar-refractivity contribution in [2.75, 3.05) is 45.9 Å². The van der Waals surface area contributed by atoms with Crippen LogP contribution in [0.5, 0.6) is 0 Å². The van der Waals surface area contributed by atoms with Gasteiger partial charge in [0.25, 0.3) is 0 Å². The molecule has 0 bridgehead atoms. The lowest BCUT2D eigenvalue weighted by molar-refractivity contribution is -0.137. The molecule has 4 aliphatic rings. The fourth-order valence-electron chi connectivity index (χ4n) is 4.84. The van der Waals surface area contributed by atoms with Crippen LogP contribution in [0.2, 0.25) is 0 Å². The Balaban J connectivity index is 1.32. The van der Waals surface area contributed by atoms with Crippen LogP contribution in [0, 0.1) is 5.92 Å². The van der Waals surface area contributed by atoms with Gasteiger partial charge in [0.1, 0.15) is 5.54 Å². The zero-order valence-electron chi connectivity index (χ0n) is 14.3. The lowest BCUT2D eigenvalue weighted by Crippen LogP contribution is -2.60. The molecule has 5 nitrogen and oxygen atoms in total. The van der Waals surface area contributed by atoms with E-state index < -0.39 is 0 Å². The summed E-state index contributed by atoms with van der Waals surface area (Å²) in [6, 6.07) is 0.866. The first-order valence-corrected chi connectivity index (χ1v) is 9.63. The molecule has 1 unspecified atom stereocenters. The Kier molecular flexibility index (Phi) is 4.61. The molecule has 2 aliphatic heterocycles. The van der Waals surface area contributed by atoms with Crippen LogP contribution in [0.25, 0.3) is 0 Å². The Bertz CT molecular complexity index is 426. The highest BCUT2D eigenvalue weighted by Gasteiger charge is 2.46. The van der Waals surface area contributed by atoms with Crippen molar-refractivity contribution in [3.05, 3.63) is 0 Å². The van der Waals surface area contributed by atoms with Crippen LogP contribution in [0.1, 0.15) is 44.9 Å². The Hall–Kier alpha value is -0.650. The third kappa shape index (κ3) is 3.28. The molecule has 130 valence electrons. The van der Waals surface area contributed by atoms with E-state index in [1.165, 1.54) is 45.2 Å².